The Hall–Kier alpha value is -1.26. The molecule has 0 aromatic heterocycles. The van der Waals surface area contributed by atoms with E-state index < -0.39 is 0 Å². The number of primary amides is 1. The Labute approximate surface area is 136 Å². The number of halogens is 1. The SMILES string of the molecule is CC1(C)C[C@]2(C(N)=O)CN(CCOc3ccc(Cl)cc3)C[C@H]12. The normalized spacial score (nSPS) is 29.7. The van der Waals surface area contributed by atoms with E-state index in [1.165, 1.54) is 0 Å². The second-order valence-corrected chi connectivity index (χ2v) is 7.71. The summed E-state index contributed by atoms with van der Waals surface area (Å²) < 4.78 is 5.74. The molecular formula is C17H23ClN2O2. The Bertz CT molecular complexity index is 573. The van der Waals surface area contributed by atoms with E-state index in [4.69, 9.17) is 22.1 Å². The van der Waals surface area contributed by atoms with Crippen molar-refractivity contribution in [3.05, 3.63) is 29.3 Å². The van der Waals surface area contributed by atoms with E-state index >= 15 is 0 Å². The fourth-order valence-electron chi connectivity index (χ4n) is 4.32. The second-order valence-electron chi connectivity index (χ2n) is 7.28. The van der Waals surface area contributed by atoms with E-state index in [1.807, 2.05) is 24.3 Å². The molecule has 1 aliphatic heterocycles. The molecule has 2 N–H and O–H groups in total. The van der Waals surface area contributed by atoms with E-state index in [-0.39, 0.29) is 16.7 Å². The maximum absolute atomic E-state index is 11.9. The zero-order chi connectivity index (χ0) is 16.0. The minimum absolute atomic E-state index is 0.141. The molecule has 1 amide bonds. The lowest BCUT2D eigenvalue weighted by molar-refractivity contribution is -0.148. The van der Waals surface area contributed by atoms with Gasteiger partial charge in [0.05, 0.1) is 5.41 Å². The van der Waals surface area contributed by atoms with Crippen LogP contribution in [0.5, 0.6) is 5.75 Å². The monoisotopic (exact) mass is 322 g/mol. The van der Waals surface area contributed by atoms with Gasteiger partial charge in [-0.15, -0.1) is 0 Å². The van der Waals surface area contributed by atoms with Crippen LogP contribution in [0.25, 0.3) is 0 Å². The molecule has 0 spiro atoms. The van der Waals surface area contributed by atoms with Gasteiger partial charge in [-0.1, -0.05) is 25.4 Å². The van der Waals surface area contributed by atoms with Crippen molar-refractivity contribution < 1.29 is 9.53 Å². The Morgan fingerprint density at radius 2 is 2.09 bits per heavy atom. The molecule has 2 aliphatic rings. The molecule has 1 aliphatic carbocycles. The van der Waals surface area contributed by atoms with Crippen LogP contribution in [0.2, 0.25) is 5.02 Å². The van der Waals surface area contributed by atoms with E-state index in [1.54, 1.807) is 0 Å². The summed E-state index contributed by atoms with van der Waals surface area (Å²) in [6.45, 7) is 7.56. The highest BCUT2D eigenvalue weighted by Crippen LogP contribution is 2.62. The van der Waals surface area contributed by atoms with Gasteiger partial charge < -0.3 is 10.5 Å². The summed E-state index contributed by atoms with van der Waals surface area (Å²) in [6.07, 6.45) is 0.897. The van der Waals surface area contributed by atoms with Crippen LogP contribution >= 0.6 is 11.6 Å². The molecule has 0 radical (unpaired) electrons. The highest BCUT2D eigenvalue weighted by molar-refractivity contribution is 6.30. The van der Waals surface area contributed by atoms with E-state index in [0.29, 0.717) is 17.5 Å². The molecule has 2 fully saturated rings. The van der Waals surface area contributed by atoms with Crippen LogP contribution in [-0.2, 0) is 4.79 Å². The number of hydrogen-bond donors (Lipinski definition) is 1. The number of nitrogens with zero attached hydrogens (tertiary/aromatic N) is 1. The molecule has 0 unspecified atom stereocenters. The number of hydrogen-bond acceptors (Lipinski definition) is 3. The molecule has 5 heteroatoms. The van der Waals surface area contributed by atoms with Crippen molar-refractivity contribution in [3.63, 3.8) is 0 Å². The minimum Gasteiger partial charge on any atom is -0.492 e. The largest absolute Gasteiger partial charge is 0.492 e. The Balaban J connectivity index is 1.54. The van der Waals surface area contributed by atoms with Crippen LogP contribution < -0.4 is 10.5 Å². The third-order valence-corrected chi connectivity index (χ3v) is 5.56. The number of carbonyl (C=O) groups is 1. The molecule has 22 heavy (non-hydrogen) atoms. The number of benzene rings is 1. The van der Waals surface area contributed by atoms with Gasteiger partial charge in [0, 0.05) is 24.7 Å². The van der Waals surface area contributed by atoms with Crippen LogP contribution in [0.1, 0.15) is 20.3 Å². The molecule has 1 saturated carbocycles. The predicted octanol–water partition coefficient (Wildman–Crippen LogP) is 2.55. The first-order valence-corrected chi connectivity index (χ1v) is 8.12. The minimum atomic E-state index is -0.316. The third kappa shape index (κ3) is 2.59. The Morgan fingerprint density at radius 3 is 2.64 bits per heavy atom. The number of ether oxygens (including phenoxy) is 1. The molecule has 1 saturated heterocycles. The van der Waals surface area contributed by atoms with Crippen molar-refractivity contribution in [2.45, 2.75) is 20.3 Å². The summed E-state index contributed by atoms with van der Waals surface area (Å²) in [7, 11) is 0. The van der Waals surface area contributed by atoms with Crippen molar-refractivity contribution >= 4 is 17.5 Å². The van der Waals surface area contributed by atoms with Gasteiger partial charge in [-0.3, -0.25) is 9.69 Å². The second kappa shape index (κ2) is 5.43. The molecular weight excluding hydrogens is 300 g/mol. The molecule has 1 aromatic rings. The summed E-state index contributed by atoms with van der Waals surface area (Å²) in [5, 5.41) is 0.703. The van der Waals surface area contributed by atoms with Crippen molar-refractivity contribution in [2.24, 2.45) is 22.5 Å². The average Bonchev–Trinajstić information content (AvgIpc) is 2.77. The first-order valence-electron chi connectivity index (χ1n) is 7.74. The molecule has 120 valence electrons. The highest BCUT2D eigenvalue weighted by atomic mass is 35.5. The zero-order valence-corrected chi connectivity index (χ0v) is 13.9. The van der Waals surface area contributed by atoms with Gasteiger partial charge in [0.15, 0.2) is 0 Å². The van der Waals surface area contributed by atoms with Crippen molar-refractivity contribution in [1.82, 2.24) is 4.90 Å². The summed E-state index contributed by atoms with van der Waals surface area (Å²) in [6, 6.07) is 7.36. The van der Waals surface area contributed by atoms with Crippen molar-refractivity contribution in [1.29, 1.82) is 0 Å². The maximum Gasteiger partial charge on any atom is 0.225 e. The van der Waals surface area contributed by atoms with Crippen LogP contribution in [0.4, 0.5) is 0 Å². The van der Waals surface area contributed by atoms with Crippen molar-refractivity contribution in [3.8, 4) is 5.75 Å². The standard InChI is InChI=1S/C17H23ClN2O2/c1-16(2)10-17(15(19)21)11-20(9-14(16)17)7-8-22-13-5-3-12(18)4-6-13/h3-6,14H,7-11H2,1-2H3,(H2,19,21)/t14-,17+/m1/s1. The zero-order valence-electron chi connectivity index (χ0n) is 13.1. The van der Waals surface area contributed by atoms with Crippen LogP contribution in [0, 0.1) is 16.7 Å². The molecule has 4 nitrogen and oxygen atoms in total. The quantitative estimate of drug-likeness (QED) is 0.906. The van der Waals surface area contributed by atoms with Gasteiger partial charge in [0.2, 0.25) is 5.91 Å². The van der Waals surface area contributed by atoms with E-state index in [0.717, 1.165) is 31.8 Å². The predicted molar refractivity (Wildman–Crippen MR) is 86.9 cm³/mol. The highest BCUT2D eigenvalue weighted by Gasteiger charge is 2.65. The van der Waals surface area contributed by atoms with Gasteiger partial charge >= 0.3 is 0 Å². The van der Waals surface area contributed by atoms with Crippen LogP contribution in [-0.4, -0.2) is 37.0 Å². The summed E-state index contributed by atoms with van der Waals surface area (Å²) >= 11 is 5.85. The third-order valence-electron chi connectivity index (χ3n) is 5.31. The Kier molecular flexibility index (Phi) is 3.86. The van der Waals surface area contributed by atoms with Gasteiger partial charge in [-0.25, -0.2) is 0 Å². The van der Waals surface area contributed by atoms with Gasteiger partial charge in [0.25, 0.3) is 0 Å². The molecule has 1 aromatic carbocycles. The summed E-state index contributed by atoms with van der Waals surface area (Å²) in [4.78, 5) is 14.2. The Morgan fingerprint density at radius 1 is 1.41 bits per heavy atom. The topological polar surface area (TPSA) is 55.6 Å². The van der Waals surface area contributed by atoms with Gasteiger partial charge in [0.1, 0.15) is 12.4 Å². The van der Waals surface area contributed by atoms with Crippen LogP contribution in [0.15, 0.2) is 24.3 Å². The maximum atomic E-state index is 11.9. The average molecular weight is 323 g/mol. The number of rotatable bonds is 5. The number of nitrogens with two attached hydrogens (primary N) is 1. The smallest absolute Gasteiger partial charge is 0.225 e. The van der Waals surface area contributed by atoms with Gasteiger partial charge in [-0.2, -0.15) is 0 Å². The first kappa shape index (κ1) is 15.6. The van der Waals surface area contributed by atoms with E-state index in [9.17, 15) is 4.79 Å². The number of amides is 1. The molecule has 2 atom stereocenters. The number of likely N-dealkylation sites (tertiary alicyclic amines) is 1. The molecule has 0 bridgehead atoms. The fraction of sp³-hybridized carbons (Fsp3) is 0.588. The first-order chi connectivity index (χ1) is 10.3. The summed E-state index contributed by atoms with van der Waals surface area (Å²) in [5.41, 5.74) is 5.57. The van der Waals surface area contributed by atoms with E-state index in [2.05, 4.69) is 18.7 Å². The van der Waals surface area contributed by atoms with Crippen LogP contribution in [0.3, 0.4) is 0 Å². The lowest BCUT2D eigenvalue weighted by atomic mass is 9.48. The summed E-state index contributed by atoms with van der Waals surface area (Å²) in [5.74, 6) is 1.04. The molecule has 1 heterocycles. The lowest BCUT2D eigenvalue weighted by Gasteiger charge is -2.54. The lowest BCUT2D eigenvalue weighted by Crippen LogP contribution is -2.59. The number of fused-ring (bicyclic) bond motifs is 1. The van der Waals surface area contributed by atoms with Gasteiger partial charge in [-0.05, 0) is 42.0 Å². The number of carbonyl (C=O) groups excluding carboxylic acids is 1. The van der Waals surface area contributed by atoms with Crippen molar-refractivity contribution in [2.75, 3.05) is 26.2 Å². The molecule has 3 rings (SSSR count). The fourth-order valence-corrected chi connectivity index (χ4v) is 4.44.